The normalized spacial score (nSPS) is 21.3. The Morgan fingerprint density at radius 1 is 0.427 bits per heavy atom. The minimum Gasteiger partial charge on any atom is -0.457 e. The maximum Gasteiger partial charge on any atom is 0.262 e. The fourth-order valence-corrected chi connectivity index (χ4v) is 14.7. The maximum atomic E-state index is 16.2. The van der Waals surface area contributed by atoms with E-state index in [9.17, 15) is 0 Å². The standard InChI is InChI=1S/C78H76N4O14/c1-43(2)31-59(73(83)79-45-19-17-29-51(33-45)89-39-53-41-91-53)81-75(85)55-35-61(93-47-21-9-5-10-22-47)67-69-63(95-49-25-13-7-14-26-49)37-57-66-58(78(88)82(77(57)87)60(32-44(3)4)74(84)80-46-20-18-30-52(34-46)90-40-54-42-92-54)38-64(96-50-27-15-8-16-28-50)70(72(66)69)68-62(94-48-23-11-6-12-24-48)36-56(76(81)86)65(55)71(67)68/h5-16,21-28,35-38,43-46,51-54,59-60H,17-20,29-34,39-42H2,1-4H3,(H,79,83)(H,80,84). The van der Waals surface area contributed by atoms with Gasteiger partial charge in [-0.3, -0.25) is 38.6 Å². The third kappa shape index (κ3) is 12.4. The molecule has 18 heteroatoms. The van der Waals surface area contributed by atoms with Crippen molar-refractivity contribution in [2.24, 2.45) is 11.8 Å². The van der Waals surface area contributed by atoms with Gasteiger partial charge < -0.3 is 48.5 Å². The second-order valence-electron chi connectivity index (χ2n) is 27.2. The smallest absolute Gasteiger partial charge is 0.262 e. The SMILES string of the molecule is CC(C)CC(C(=O)NC1CCCC(OCC2CO2)C1)N1C(=O)c2cc(Oc3ccccc3)c3c4c(Oc5ccccc5)cc5c6c(cc(Oc7ccccc7)c(c7c(Oc8ccccc8)cc(c2c37)C1=O)c64)C(=O)N(C(CC(C)C)C(=O)NC1CCCC(OCC2CO2)C1)C5=O. The zero-order chi connectivity index (χ0) is 65.9. The van der Waals surface area contributed by atoms with Crippen LogP contribution in [0.4, 0.5) is 0 Å². The predicted octanol–water partition coefficient (Wildman–Crippen LogP) is 14.6. The number of amides is 6. The largest absolute Gasteiger partial charge is 0.457 e. The number of imide groups is 2. The monoisotopic (exact) mass is 1290 g/mol. The predicted molar refractivity (Wildman–Crippen MR) is 361 cm³/mol. The number of fused-ring (bicyclic) bond motifs is 2. The van der Waals surface area contributed by atoms with Crippen molar-refractivity contribution < 1.29 is 66.7 Å². The summed E-state index contributed by atoms with van der Waals surface area (Å²) in [5.74, 6) is -1.99. The summed E-state index contributed by atoms with van der Waals surface area (Å²) in [6, 6.07) is 39.7. The Morgan fingerprint density at radius 2 is 0.719 bits per heavy atom. The van der Waals surface area contributed by atoms with Gasteiger partial charge in [-0.25, -0.2) is 0 Å². The second-order valence-corrected chi connectivity index (χ2v) is 27.2. The van der Waals surface area contributed by atoms with Gasteiger partial charge in [0, 0.05) is 55.2 Å². The highest BCUT2D eigenvalue weighted by Gasteiger charge is 2.47. The van der Waals surface area contributed by atoms with E-state index in [0.717, 1.165) is 35.5 Å². The lowest BCUT2D eigenvalue weighted by molar-refractivity contribution is -0.127. The first-order valence-electron chi connectivity index (χ1n) is 33.8. The molecule has 0 bridgehead atoms. The number of nitrogens with one attached hydrogen (secondary N) is 2. The third-order valence-electron chi connectivity index (χ3n) is 19.2. The summed E-state index contributed by atoms with van der Waals surface area (Å²) in [4.78, 5) is 97.5. The number of hydrogen-bond acceptors (Lipinski definition) is 14. The van der Waals surface area contributed by atoms with E-state index in [1.807, 2.05) is 100 Å². The number of benzene rings is 9. The summed E-state index contributed by atoms with van der Waals surface area (Å²) in [6.07, 6.45) is 6.14. The fourth-order valence-electron chi connectivity index (χ4n) is 14.7. The van der Waals surface area contributed by atoms with Gasteiger partial charge in [0.1, 0.15) is 70.3 Å². The molecule has 4 fully saturated rings. The molecule has 4 aliphatic heterocycles. The van der Waals surface area contributed by atoms with E-state index >= 15 is 28.8 Å². The molecule has 6 amide bonds. The van der Waals surface area contributed by atoms with E-state index in [1.54, 1.807) is 72.8 Å². The summed E-state index contributed by atoms with van der Waals surface area (Å²) in [6.45, 7) is 10.1. The Hall–Kier alpha value is -9.46. The Bertz CT molecular complexity index is 3990. The highest BCUT2D eigenvalue weighted by atomic mass is 16.6. The van der Waals surface area contributed by atoms with Gasteiger partial charge in [0.05, 0.1) is 60.9 Å². The van der Waals surface area contributed by atoms with Crippen LogP contribution >= 0.6 is 0 Å². The van der Waals surface area contributed by atoms with Crippen LogP contribution in [-0.2, 0) is 28.5 Å². The van der Waals surface area contributed by atoms with Gasteiger partial charge in [-0.2, -0.15) is 0 Å². The Labute approximate surface area is 555 Å². The first-order chi connectivity index (χ1) is 46.7. The van der Waals surface area contributed by atoms with Gasteiger partial charge in [0.25, 0.3) is 23.6 Å². The molecule has 2 N–H and O–H groups in total. The number of ether oxygens (including phenoxy) is 8. The molecule has 2 saturated carbocycles. The first-order valence-corrected chi connectivity index (χ1v) is 33.8. The molecule has 0 radical (unpaired) electrons. The average molecular weight is 1290 g/mol. The van der Waals surface area contributed by atoms with Crippen LogP contribution in [0.15, 0.2) is 146 Å². The van der Waals surface area contributed by atoms with Crippen molar-refractivity contribution in [3.63, 3.8) is 0 Å². The third-order valence-corrected chi connectivity index (χ3v) is 19.2. The maximum absolute atomic E-state index is 16.2. The summed E-state index contributed by atoms with van der Waals surface area (Å²) in [5, 5.41) is 9.05. The molecular formula is C78H76N4O14. The molecular weight excluding hydrogens is 1220 g/mol. The summed E-state index contributed by atoms with van der Waals surface area (Å²) in [5.41, 5.74) is 0.283. The van der Waals surface area contributed by atoms with Crippen molar-refractivity contribution in [1.29, 1.82) is 0 Å². The second kappa shape index (κ2) is 26.3. The summed E-state index contributed by atoms with van der Waals surface area (Å²) < 4.78 is 51.9. The quantitative estimate of drug-likeness (QED) is 0.0249. The Kier molecular flexibility index (Phi) is 17.1. The lowest BCUT2D eigenvalue weighted by Crippen LogP contribution is -2.56. The molecule has 4 heterocycles. The summed E-state index contributed by atoms with van der Waals surface area (Å²) >= 11 is 0. The highest BCUT2D eigenvalue weighted by Crippen LogP contribution is 2.58. The number of para-hydroxylation sites is 4. The van der Waals surface area contributed by atoms with E-state index < -0.39 is 47.5 Å². The molecule has 0 aromatic heterocycles. The number of rotatable bonds is 24. The topological polar surface area (TPSA) is 213 Å². The molecule has 2 saturated heterocycles. The van der Waals surface area contributed by atoms with Crippen molar-refractivity contribution in [3.8, 4) is 46.0 Å². The molecule has 8 unspecified atom stereocenters. The molecule has 15 rings (SSSR count). The first kappa shape index (κ1) is 62.6. The van der Waals surface area contributed by atoms with Gasteiger partial charge in [0.2, 0.25) is 11.8 Å². The van der Waals surface area contributed by atoms with E-state index in [0.29, 0.717) is 107 Å². The Morgan fingerprint density at radius 3 is 0.990 bits per heavy atom. The van der Waals surface area contributed by atoms with Crippen LogP contribution in [0.3, 0.4) is 0 Å². The zero-order valence-corrected chi connectivity index (χ0v) is 54.1. The molecule has 6 aliphatic rings. The van der Waals surface area contributed by atoms with Crippen LogP contribution < -0.4 is 29.6 Å². The zero-order valence-electron chi connectivity index (χ0n) is 54.1. The van der Waals surface area contributed by atoms with Crippen LogP contribution in [-0.4, -0.2) is 120 Å². The van der Waals surface area contributed by atoms with Crippen LogP contribution in [0, 0.1) is 11.8 Å². The van der Waals surface area contributed by atoms with Gasteiger partial charge in [-0.1, -0.05) is 100 Å². The van der Waals surface area contributed by atoms with Crippen molar-refractivity contribution in [2.75, 3.05) is 26.4 Å². The van der Waals surface area contributed by atoms with E-state index in [-0.39, 0.29) is 117 Å². The van der Waals surface area contributed by atoms with E-state index in [2.05, 4.69) is 10.6 Å². The lowest BCUT2D eigenvalue weighted by atomic mass is 9.80. The van der Waals surface area contributed by atoms with Gasteiger partial charge in [0.15, 0.2) is 0 Å². The van der Waals surface area contributed by atoms with Crippen molar-refractivity contribution in [2.45, 2.75) is 140 Å². The van der Waals surface area contributed by atoms with E-state index in [4.69, 9.17) is 37.9 Å². The molecule has 18 nitrogen and oxygen atoms in total. The molecule has 492 valence electrons. The molecule has 9 aromatic rings. The molecule has 8 atom stereocenters. The average Bonchev–Trinajstić information content (AvgIpc) is 1.14. The van der Waals surface area contributed by atoms with Crippen LogP contribution in [0.5, 0.6) is 46.0 Å². The van der Waals surface area contributed by atoms with Crippen LogP contribution in [0.25, 0.3) is 43.1 Å². The van der Waals surface area contributed by atoms with Gasteiger partial charge in [-0.05, 0) is 149 Å². The minimum absolute atomic E-state index is 0.0708. The number of carbonyl (C=O) groups excluding carboxylic acids is 6. The van der Waals surface area contributed by atoms with Crippen molar-refractivity contribution >= 4 is 78.5 Å². The number of carbonyl (C=O) groups is 6. The molecule has 0 spiro atoms. The van der Waals surface area contributed by atoms with E-state index in [1.165, 1.54) is 0 Å². The molecule has 2 aliphatic carbocycles. The fraction of sp³-hybridized carbons (Fsp3) is 0.359. The van der Waals surface area contributed by atoms with Gasteiger partial charge in [-0.15, -0.1) is 0 Å². The lowest BCUT2D eigenvalue weighted by Gasteiger charge is -2.37. The highest BCUT2D eigenvalue weighted by molar-refractivity contribution is 6.45. The van der Waals surface area contributed by atoms with Crippen molar-refractivity contribution in [1.82, 2.24) is 20.4 Å². The summed E-state index contributed by atoms with van der Waals surface area (Å²) in [7, 11) is 0. The van der Waals surface area contributed by atoms with Gasteiger partial charge >= 0.3 is 0 Å². The number of hydrogen-bond donors (Lipinski definition) is 2. The Balaban J connectivity index is 0.977. The molecule has 96 heavy (non-hydrogen) atoms. The molecule has 9 aromatic carbocycles. The van der Waals surface area contributed by atoms with Crippen molar-refractivity contribution in [3.05, 3.63) is 168 Å². The minimum atomic E-state index is -1.25. The number of epoxide rings is 2. The van der Waals surface area contributed by atoms with Crippen LogP contribution in [0.2, 0.25) is 0 Å². The van der Waals surface area contributed by atoms with Crippen LogP contribution in [0.1, 0.15) is 133 Å². The number of nitrogens with zero attached hydrogens (tertiary/aromatic N) is 2.